The zero-order chi connectivity index (χ0) is 13.8. The summed E-state index contributed by atoms with van der Waals surface area (Å²) in [6.07, 6.45) is 0.974. The lowest BCUT2D eigenvalue weighted by Gasteiger charge is -2.13. The molecule has 3 N–H and O–H groups in total. The van der Waals surface area contributed by atoms with Gasteiger partial charge in [-0.1, -0.05) is 0 Å². The second kappa shape index (κ2) is 6.28. The maximum absolute atomic E-state index is 12.0. The number of sulfonamides is 1. The Balaban J connectivity index is 2.86. The van der Waals surface area contributed by atoms with Gasteiger partial charge >= 0.3 is 5.97 Å². The fourth-order valence-corrected chi connectivity index (χ4v) is 3.99. The average molecular weight is 293 g/mol. The van der Waals surface area contributed by atoms with Crippen LogP contribution < -0.4 is 4.72 Å². The fraction of sp³-hybridized carbons (Fsp3) is 0.500. The predicted molar refractivity (Wildman–Crippen MR) is 67.4 cm³/mol. The van der Waals surface area contributed by atoms with Crippen LogP contribution in [0.2, 0.25) is 0 Å². The summed E-state index contributed by atoms with van der Waals surface area (Å²) in [6, 6.07) is 0.915. The highest BCUT2D eigenvalue weighted by Gasteiger charge is 2.24. The van der Waals surface area contributed by atoms with E-state index in [-0.39, 0.29) is 22.4 Å². The molecule has 0 saturated carbocycles. The van der Waals surface area contributed by atoms with Gasteiger partial charge in [-0.3, -0.25) is 0 Å². The van der Waals surface area contributed by atoms with Gasteiger partial charge in [-0.15, -0.1) is 11.3 Å². The van der Waals surface area contributed by atoms with E-state index in [0.29, 0.717) is 12.8 Å². The second-order valence-electron chi connectivity index (χ2n) is 3.81. The van der Waals surface area contributed by atoms with Gasteiger partial charge in [-0.05, 0) is 31.2 Å². The Morgan fingerprint density at radius 3 is 2.78 bits per heavy atom. The van der Waals surface area contributed by atoms with Gasteiger partial charge in [0.15, 0.2) is 0 Å². The Labute approximate surface area is 109 Å². The van der Waals surface area contributed by atoms with Crippen molar-refractivity contribution in [1.29, 1.82) is 0 Å². The second-order valence-corrected chi connectivity index (χ2v) is 6.41. The monoisotopic (exact) mass is 293 g/mol. The number of aromatic carboxylic acids is 1. The molecule has 0 saturated heterocycles. The number of aliphatic hydroxyl groups excluding tert-OH is 1. The number of hydrogen-bond donors (Lipinski definition) is 3. The van der Waals surface area contributed by atoms with Crippen LogP contribution in [-0.4, -0.2) is 37.2 Å². The van der Waals surface area contributed by atoms with Crippen LogP contribution in [0.1, 0.15) is 29.4 Å². The van der Waals surface area contributed by atoms with Gasteiger partial charge in [0.25, 0.3) is 0 Å². The van der Waals surface area contributed by atoms with Crippen LogP contribution in [0.25, 0.3) is 0 Å². The molecule has 0 fully saturated rings. The molecule has 0 bridgehead atoms. The van der Waals surface area contributed by atoms with Gasteiger partial charge in [-0.25, -0.2) is 17.9 Å². The number of carboxylic acid groups (broad SMARTS) is 1. The number of rotatable bonds is 7. The largest absolute Gasteiger partial charge is 0.477 e. The first-order valence-corrected chi connectivity index (χ1v) is 7.68. The molecule has 0 aliphatic rings. The maximum Gasteiger partial charge on any atom is 0.347 e. The van der Waals surface area contributed by atoms with E-state index in [2.05, 4.69) is 4.72 Å². The number of aliphatic hydroxyl groups is 1. The normalized spacial score (nSPS) is 13.4. The molecule has 0 spiro atoms. The standard InChI is InChI=1S/C10H15NO5S2/c1-7(3-2-5-12)11-18(15,16)8-4-6-17-9(8)10(13)14/h4,6-7,11-12H,2-3,5H2,1H3,(H,13,14). The molecular formula is C10H15NO5S2. The molecule has 1 aromatic rings. The van der Waals surface area contributed by atoms with Crippen LogP contribution in [0.15, 0.2) is 16.3 Å². The van der Waals surface area contributed by atoms with E-state index >= 15 is 0 Å². The molecule has 1 aromatic heterocycles. The minimum atomic E-state index is -3.82. The first-order valence-electron chi connectivity index (χ1n) is 5.32. The van der Waals surface area contributed by atoms with E-state index in [4.69, 9.17) is 10.2 Å². The summed E-state index contributed by atoms with van der Waals surface area (Å²) in [5.41, 5.74) is 0. The first-order chi connectivity index (χ1) is 8.38. The van der Waals surface area contributed by atoms with E-state index in [1.54, 1.807) is 6.92 Å². The maximum atomic E-state index is 12.0. The fourth-order valence-electron chi connectivity index (χ4n) is 1.45. The third-order valence-corrected chi connectivity index (χ3v) is 4.93. The Morgan fingerprint density at radius 1 is 1.56 bits per heavy atom. The van der Waals surface area contributed by atoms with Gasteiger partial charge in [0, 0.05) is 12.6 Å². The van der Waals surface area contributed by atoms with Crippen molar-refractivity contribution in [3.05, 3.63) is 16.3 Å². The van der Waals surface area contributed by atoms with Crippen LogP contribution in [0.3, 0.4) is 0 Å². The van der Waals surface area contributed by atoms with E-state index in [0.717, 1.165) is 11.3 Å². The molecule has 6 nitrogen and oxygen atoms in total. The molecule has 1 rings (SSSR count). The lowest BCUT2D eigenvalue weighted by Crippen LogP contribution is -2.33. The summed E-state index contributed by atoms with van der Waals surface area (Å²) in [5.74, 6) is -1.26. The van der Waals surface area contributed by atoms with Crippen LogP contribution in [0.5, 0.6) is 0 Å². The quantitative estimate of drug-likeness (QED) is 0.692. The van der Waals surface area contributed by atoms with Crippen molar-refractivity contribution in [2.45, 2.75) is 30.7 Å². The van der Waals surface area contributed by atoms with Crippen LogP contribution in [0.4, 0.5) is 0 Å². The molecular weight excluding hydrogens is 278 g/mol. The molecule has 18 heavy (non-hydrogen) atoms. The molecule has 0 aliphatic carbocycles. The Bertz CT molecular complexity index is 508. The topological polar surface area (TPSA) is 104 Å². The van der Waals surface area contributed by atoms with E-state index in [9.17, 15) is 13.2 Å². The summed E-state index contributed by atoms with van der Waals surface area (Å²) >= 11 is 0.871. The van der Waals surface area contributed by atoms with Gasteiger partial charge < -0.3 is 10.2 Å². The highest BCUT2D eigenvalue weighted by molar-refractivity contribution is 7.89. The Kier molecular flexibility index (Phi) is 5.27. The highest BCUT2D eigenvalue weighted by atomic mass is 32.2. The van der Waals surface area contributed by atoms with Crippen LogP contribution in [0, 0.1) is 0 Å². The minimum absolute atomic E-state index is 0.00903. The van der Waals surface area contributed by atoms with Crippen molar-refractivity contribution >= 4 is 27.3 Å². The van der Waals surface area contributed by atoms with Crippen molar-refractivity contribution in [3.8, 4) is 0 Å². The zero-order valence-electron chi connectivity index (χ0n) is 9.79. The highest BCUT2D eigenvalue weighted by Crippen LogP contribution is 2.22. The van der Waals surface area contributed by atoms with Crippen LogP contribution in [-0.2, 0) is 10.0 Å². The number of carboxylic acids is 1. The van der Waals surface area contributed by atoms with Crippen molar-refractivity contribution in [3.63, 3.8) is 0 Å². The number of carbonyl (C=O) groups is 1. The zero-order valence-corrected chi connectivity index (χ0v) is 11.4. The number of thiophene rings is 1. The smallest absolute Gasteiger partial charge is 0.347 e. The number of nitrogens with one attached hydrogen (secondary N) is 1. The van der Waals surface area contributed by atoms with E-state index in [1.807, 2.05) is 0 Å². The average Bonchev–Trinajstić information content (AvgIpc) is 2.75. The molecule has 1 atom stereocenters. The molecule has 102 valence electrons. The third-order valence-electron chi connectivity index (χ3n) is 2.26. The summed E-state index contributed by atoms with van der Waals surface area (Å²) in [7, 11) is -3.82. The molecule has 0 aliphatic heterocycles. The SMILES string of the molecule is CC(CCCO)NS(=O)(=O)c1ccsc1C(=O)O. The van der Waals surface area contributed by atoms with Crippen molar-refractivity contribution < 1.29 is 23.4 Å². The van der Waals surface area contributed by atoms with Crippen molar-refractivity contribution in [2.24, 2.45) is 0 Å². The first kappa shape index (κ1) is 15.1. The van der Waals surface area contributed by atoms with Gasteiger partial charge in [0.1, 0.15) is 9.77 Å². The molecule has 1 unspecified atom stereocenters. The van der Waals surface area contributed by atoms with E-state index in [1.165, 1.54) is 11.4 Å². The molecule has 1 heterocycles. The summed E-state index contributed by atoms with van der Waals surface area (Å²) in [4.78, 5) is 10.5. The van der Waals surface area contributed by atoms with Crippen molar-refractivity contribution in [2.75, 3.05) is 6.61 Å². The van der Waals surface area contributed by atoms with Crippen LogP contribution >= 0.6 is 11.3 Å². The van der Waals surface area contributed by atoms with Gasteiger partial charge in [0.05, 0.1) is 0 Å². The lowest BCUT2D eigenvalue weighted by molar-refractivity contribution is 0.0698. The summed E-state index contributed by atoms with van der Waals surface area (Å²) in [6.45, 7) is 1.66. The minimum Gasteiger partial charge on any atom is -0.477 e. The summed E-state index contributed by atoms with van der Waals surface area (Å²) < 4.78 is 26.3. The summed E-state index contributed by atoms with van der Waals surface area (Å²) in [5, 5.41) is 19.0. The Hall–Kier alpha value is -0.960. The Morgan fingerprint density at radius 2 is 2.22 bits per heavy atom. The third kappa shape index (κ3) is 3.77. The molecule has 0 amide bonds. The van der Waals surface area contributed by atoms with E-state index < -0.39 is 16.0 Å². The van der Waals surface area contributed by atoms with Crippen molar-refractivity contribution in [1.82, 2.24) is 4.72 Å². The lowest BCUT2D eigenvalue weighted by atomic mass is 10.2. The molecule has 0 radical (unpaired) electrons. The number of hydrogen-bond acceptors (Lipinski definition) is 5. The predicted octanol–water partition coefficient (Wildman–Crippen LogP) is 0.886. The van der Waals surface area contributed by atoms with Gasteiger partial charge in [-0.2, -0.15) is 0 Å². The molecule has 8 heteroatoms. The molecule has 0 aromatic carbocycles. The van der Waals surface area contributed by atoms with Gasteiger partial charge in [0.2, 0.25) is 10.0 Å².